The Bertz CT molecular complexity index is 363. The van der Waals surface area contributed by atoms with Gasteiger partial charge in [-0.1, -0.05) is 26.2 Å². The Labute approximate surface area is 125 Å². The molecular formula is C15H23N3O3. The summed E-state index contributed by atoms with van der Waals surface area (Å²) in [6.45, 7) is 3.31. The first-order valence-corrected chi connectivity index (χ1v) is 7.35. The third kappa shape index (κ3) is 9.64. The van der Waals surface area contributed by atoms with Crippen LogP contribution in [-0.2, 0) is 14.4 Å². The minimum absolute atomic E-state index is 0.115. The number of nitrogens with zero attached hydrogens (tertiary/aromatic N) is 3. The molecule has 0 aliphatic heterocycles. The second-order valence-electron chi connectivity index (χ2n) is 5.13. The van der Waals surface area contributed by atoms with Crippen LogP contribution in [0.2, 0.25) is 0 Å². The lowest BCUT2D eigenvalue weighted by atomic mass is 9.74. The van der Waals surface area contributed by atoms with Crippen LogP contribution >= 0.6 is 0 Å². The van der Waals surface area contributed by atoms with Crippen molar-refractivity contribution in [3.05, 3.63) is 0 Å². The van der Waals surface area contributed by atoms with Crippen LogP contribution < -0.4 is 0 Å². The highest BCUT2D eigenvalue weighted by molar-refractivity contribution is 5.33. The number of isocyanates is 3. The summed E-state index contributed by atoms with van der Waals surface area (Å²) in [4.78, 5) is 41.6. The Kier molecular flexibility index (Phi) is 12.0. The van der Waals surface area contributed by atoms with Crippen LogP contribution in [0.4, 0.5) is 0 Å². The maximum Gasteiger partial charge on any atom is 0.234 e. The lowest BCUT2D eigenvalue weighted by molar-refractivity contribution is 0.204. The summed E-state index contributed by atoms with van der Waals surface area (Å²) in [7, 11) is 0. The number of hydrogen-bond acceptors (Lipinski definition) is 6. The van der Waals surface area contributed by atoms with Crippen LogP contribution in [0, 0.1) is 5.41 Å². The van der Waals surface area contributed by atoms with Gasteiger partial charge < -0.3 is 0 Å². The maximum absolute atomic E-state index is 10.2. The van der Waals surface area contributed by atoms with Crippen molar-refractivity contribution in [2.75, 3.05) is 19.6 Å². The molecule has 116 valence electrons. The molecular weight excluding hydrogens is 270 g/mol. The van der Waals surface area contributed by atoms with Crippen LogP contribution in [0.3, 0.4) is 0 Å². The highest BCUT2D eigenvalue weighted by atomic mass is 16.1. The molecule has 0 fully saturated rings. The minimum Gasteiger partial charge on any atom is -0.211 e. The Hall–Kier alpha value is -1.86. The fourth-order valence-corrected chi connectivity index (χ4v) is 2.52. The molecule has 21 heavy (non-hydrogen) atoms. The average molecular weight is 293 g/mol. The summed E-state index contributed by atoms with van der Waals surface area (Å²) in [6, 6.07) is 0. The van der Waals surface area contributed by atoms with E-state index in [-0.39, 0.29) is 5.41 Å². The van der Waals surface area contributed by atoms with Crippen molar-refractivity contribution in [2.45, 2.75) is 51.9 Å². The first-order valence-electron chi connectivity index (χ1n) is 7.35. The monoisotopic (exact) mass is 293 g/mol. The number of hydrogen-bond donors (Lipinski definition) is 0. The smallest absolute Gasteiger partial charge is 0.211 e. The summed E-state index contributed by atoms with van der Waals surface area (Å²) in [5, 5.41) is 0. The van der Waals surface area contributed by atoms with Crippen LogP contribution in [0.5, 0.6) is 0 Å². The van der Waals surface area contributed by atoms with E-state index in [1.807, 2.05) is 0 Å². The van der Waals surface area contributed by atoms with Crippen LogP contribution in [0.1, 0.15) is 51.9 Å². The van der Waals surface area contributed by atoms with E-state index in [1.54, 1.807) is 18.2 Å². The van der Waals surface area contributed by atoms with Gasteiger partial charge in [-0.3, -0.25) is 0 Å². The predicted octanol–water partition coefficient (Wildman–Crippen LogP) is 2.73. The van der Waals surface area contributed by atoms with Gasteiger partial charge in [0.15, 0.2) is 0 Å². The molecule has 0 aliphatic carbocycles. The molecule has 0 radical (unpaired) electrons. The van der Waals surface area contributed by atoms with E-state index in [2.05, 4.69) is 21.9 Å². The van der Waals surface area contributed by atoms with Gasteiger partial charge in [0.2, 0.25) is 18.2 Å². The molecule has 0 rings (SSSR count). The van der Waals surface area contributed by atoms with Gasteiger partial charge in [-0.2, -0.15) is 0 Å². The van der Waals surface area contributed by atoms with Crippen LogP contribution in [0.15, 0.2) is 15.0 Å². The fraction of sp³-hybridized carbons (Fsp3) is 0.800. The molecule has 0 saturated heterocycles. The van der Waals surface area contributed by atoms with Gasteiger partial charge in [-0.15, -0.1) is 0 Å². The first-order chi connectivity index (χ1) is 10.2. The molecule has 0 N–H and O–H groups in total. The summed E-state index contributed by atoms with van der Waals surface area (Å²) in [6.07, 6.45) is 11.0. The van der Waals surface area contributed by atoms with Crippen molar-refractivity contribution >= 4 is 18.2 Å². The normalized spacial score (nSPS) is 12.4. The standard InChI is InChI=1S/C15H23N3O3/c1-2-3-4-5-15(6-9-16-12-19,7-10-17-13-20)8-11-18-14-21/h2-11H2,1H3. The molecule has 0 bridgehead atoms. The van der Waals surface area contributed by atoms with Gasteiger partial charge in [0.05, 0.1) is 19.6 Å². The second-order valence-corrected chi connectivity index (χ2v) is 5.13. The Balaban J connectivity index is 4.87. The van der Waals surface area contributed by atoms with Crippen molar-refractivity contribution in [3.8, 4) is 0 Å². The predicted molar refractivity (Wildman–Crippen MR) is 79.4 cm³/mol. The average Bonchev–Trinajstić information content (AvgIpc) is 2.48. The van der Waals surface area contributed by atoms with E-state index in [9.17, 15) is 14.4 Å². The highest BCUT2D eigenvalue weighted by Crippen LogP contribution is 2.37. The number of aliphatic imine (C=N–C) groups is 3. The fourth-order valence-electron chi connectivity index (χ4n) is 2.52. The Morgan fingerprint density at radius 2 is 1.14 bits per heavy atom. The zero-order chi connectivity index (χ0) is 15.8. The van der Waals surface area contributed by atoms with E-state index >= 15 is 0 Å². The largest absolute Gasteiger partial charge is 0.234 e. The number of carbonyl (C=O) groups excluding carboxylic acids is 3. The van der Waals surface area contributed by atoms with Gasteiger partial charge in [0.25, 0.3) is 0 Å². The van der Waals surface area contributed by atoms with Crippen molar-refractivity contribution < 1.29 is 14.4 Å². The molecule has 0 atom stereocenters. The van der Waals surface area contributed by atoms with Gasteiger partial charge in [-0.25, -0.2) is 29.4 Å². The van der Waals surface area contributed by atoms with E-state index < -0.39 is 0 Å². The summed E-state index contributed by atoms with van der Waals surface area (Å²) in [5.74, 6) is 0. The lowest BCUT2D eigenvalue weighted by Crippen LogP contribution is -2.25. The van der Waals surface area contributed by atoms with Crippen molar-refractivity contribution in [2.24, 2.45) is 20.4 Å². The maximum atomic E-state index is 10.2. The van der Waals surface area contributed by atoms with Gasteiger partial charge in [-0.05, 0) is 31.1 Å². The lowest BCUT2D eigenvalue weighted by Gasteiger charge is -2.32. The van der Waals surface area contributed by atoms with Crippen LogP contribution in [0.25, 0.3) is 0 Å². The third-order valence-electron chi connectivity index (χ3n) is 3.77. The topological polar surface area (TPSA) is 88.3 Å². The second kappa shape index (κ2) is 13.1. The van der Waals surface area contributed by atoms with Crippen molar-refractivity contribution in [3.63, 3.8) is 0 Å². The van der Waals surface area contributed by atoms with Crippen molar-refractivity contribution in [1.82, 2.24) is 0 Å². The zero-order valence-corrected chi connectivity index (χ0v) is 12.6. The summed E-state index contributed by atoms with van der Waals surface area (Å²) < 4.78 is 0. The van der Waals surface area contributed by atoms with Crippen molar-refractivity contribution in [1.29, 1.82) is 0 Å². The van der Waals surface area contributed by atoms with E-state index in [0.717, 1.165) is 25.7 Å². The Morgan fingerprint density at radius 1 is 0.714 bits per heavy atom. The number of unbranched alkanes of at least 4 members (excludes halogenated alkanes) is 2. The SMILES string of the molecule is CCCCCC(CCN=C=O)(CCN=C=O)CCN=C=O. The summed E-state index contributed by atoms with van der Waals surface area (Å²) in [5.41, 5.74) is -0.115. The molecule has 0 aromatic carbocycles. The number of rotatable bonds is 13. The molecule has 0 heterocycles. The Morgan fingerprint density at radius 3 is 1.48 bits per heavy atom. The summed E-state index contributed by atoms with van der Waals surface area (Å²) >= 11 is 0. The minimum atomic E-state index is -0.115. The molecule has 6 nitrogen and oxygen atoms in total. The molecule has 0 saturated carbocycles. The van der Waals surface area contributed by atoms with Crippen LogP contribution in [-0.4, -0.2) is 37.9 Å². The molecule has 0 amide bonds. The van der Waals surface area contributed by atoms with Gasteiger partial charge in [0.1, 0.15) is 0 Å². The van der Waals surface area contributed by atoms with E-state index in [1.165, 1.54) is 0 Å². The molecule has 0 aromatic rings. The molecule has 0 aromatic heterocycles. The van der Waals surface area contributed by atoms with E-state index in [4.69, 9.17) is 0 Å². The zero-order valence-electron chi connectivity index (χ0n) is 12.6. The van der Waals surface area contributed by atoms with E-state index in [0.29, 0.717) is 38.9 Å². The molecule has 0 unspecified atom stereocenters. The van der Waals surface area contributed by atoms with Gasteiger partial charge >= 0.3 is 0 Å². The third-order valence-corrected chi connectivity index (χ3v) is 3.77. The molecule has 6 heteroatoms. The molecule has 0 spiro atoms. The highest BCUT2D eigenvalue weighted by Gasteiger charge is 2.28. The first kappa shape index (κ1) is 19.1. The molecule has 0 aliphatic rings. The van der Waals surface area contributed by atoms with Gasteiger partial charge in [0, 0.05) is 0 Å². The quantitative estimate of drug-likeness (QED) is 0.297.